The molecule has 0 aromatic heterocycles. The zero-order valence-corrected chi connectivity index (χ0v) is 16.1. The molecular weight excluding hydrogens is 316 g/mol. The fourth-order valence-electron chi connectivity index (χ4n) is 6.65. The lowest BCUT2D eigenvalue weighted by Crippen LogP contribution is -2.22. The number of nitrogens with zero attached hydrogens (tertiary/aromatic N) is 2. The highest BCUT2D eigenvalue weighted by molar-refractivity contribution is 5.57. The first-order chi connectivity index (χ1) is 12.8. The topological polar surface area (TPSA) is 47.6 Å². The predicted octanol–water partition coefficient (Wildman–Crippen LogP) is 6.61. The average molecular weight is 349 g/mol. The zero-order chi connectivity index (χ0) is 17.9. The SMILES string of the molecule is N#CC(C#N)=C1C(C2CCCCC2)=C(C2CCCCC2)C2CCCCC12. The van der Waals surface area contributed by atoms with Crippen LogP contribution in [-0.4, -0.2) is 0 Å². The van der Waals surface area contributed by atoms with Crippen molar-refractivity contribution in [1.82, 2.24) is 0 Å². The number of hydrogen-bond acceptors (Lipinski definition) is 2. The fourth-order valence-corrected chi connectivity index (χ4v) is 6.65. The van der Waals surface area contributed by atoms with E-state index in [4.69, 9.17) is 0 Å². The molecule has 0 bridgehead atoms. The predicted molar refractivity (Wildman–Crippen MR) is 104 cm³/mol. The Bertz CT molecular complexity index is 656. The van der Waals surface area contributed by atoms with Gasteiger partial charge in [0, 0.05) is 0 Å². The molecule has 3 fully saturated rings. The van der Waals surface area contributed by atoms with Gasteiger partial charge >= 0.3 is 0 Å². The minimum Gasteiger partial charge on any atom is -0.192 e. The van der Waals surface area contributed by atoms with Crippen LogP contribution < -0.4 is 0 Å². The van der Waals surface area contributed by atoms with Crippen molar-refractivity contribution < 1.29 is 0 Å². The molecule has 2 atom stereocenters. The average Bonchev–Trinajstić information content (AvgIpc) is 3.06. The number of nitriles is 2. The second-order valence-electron chi connectivity index (χ2n) is 9.05. The Morgan fingerprint density at radius 2 is 1.12 bits per heavy atom. The normalized spacial score (nSPS) is 30.6. The van der Waals surface area contributed by atoms with Gasteiger partial charge in [0.25, 0.3) is 0 Å². The van der Waals surface area contributed by atoms with Crippen molar-refractivity contribution in [3.63, 3.8) is 0 Å². The molecule has 2 unspecified atom stereocenters. The third kappa shape index (κ3) is 3.13. The molecule has 0 aromatic rings. The summed E-state index contributed by atoms with van der Waals surface area (Å²) in [5.41, 5.74) is 4.98. The van der Waals surface area contributed by atoms with Gasteiger partial charge in [-0.1, -0.05) is 56.9 Å². The molecule has 138 valence electrons. The van der Waals surface area contributed by atoms with E-state index in [0.29, 0.717) is 23.3 Å². The highest BCUT2D eigenvalue weighted by Gasteiger charge is 2.45. The van der Waals surface area contributed by atoms with E-state index in [-0.39, 0.29) is 0 Å². The molecule has 26 heavy (non-hydrogen) atoms. The third-order valence-corrected chi connectivity index (χ3v) is 7.69. The van der Waals surface area contributed by atoms with Gasteiger partial charge in [0.05, 0.1) is 0 Å². The summed E-state index contributed by atoms with van der Waals surface area (Å²) in [6.45, 7) is 0. The van der Waals surface area contributed by atoms with Crippen LogP contribution in [0.3, 0.4) is 0 Å². The highest BCUT2D eigenvalue weighted by Crippen LogP contribution is 2.57. The Morgan fingerprint density at radius 3 is 1.69 bits per heavy atom. The van der Waals surface area contributed by atoms with Crippen molar-refractivity contribution in [1.29, 1.82) is 10.5 Å². The molecule has 2 heteroatoms. The van der Waals surface area contributed by atoms with E-state index in [2.05, 4.69) is 12.1 Å². The summed E-state index contributed by atoms with van der Waals surface area (Å²) >= 11 is 0. The molecule has 4 aliphatic carbocycles. The zero-order valence-electron chi connectivity index (χ0n) is 16.1. The van der Waals surface area contributed by atoms with E-state index in [1.54, 1.807) is 11.1 Å². The number of rotatable bonds is 2. The molecule has 0 amide bonds. The quantitative estimate of drug-likeness (QED) is 0.527. The minimum absolute atomic E-state index is 0.452. The van der Waals surface area contributed by atoms with Gasteiger partial charge in [-0.3, -0.25) is 0 Å². The molecule has 0 radical (unpaired) electrons. The Labute approximate surface area is 159 Å². The van der Waals surface area contributed by atoms with Crippen LogP contribution in [0.15, 0.2) is 22.3 Å². The first-order valence-electron chi connectivity index (χ1n) is 11.1. The molecule has 3 saturated carbocycles. The summed E-state index contributed by atoms with van der Waals surface area (Å²) in [6.07, 6.45) is 18.5. The lowest BCUT2D eigenvalue weighted by molar-refractivity contribution is 0.288. The van der Waals surface area contributed by atoms with E-state index in [9.17, 15) is 10.5 Å². The third-order valence-electron chi connectivity index (χ3n) is 7.69. The molecular formula is C24H32N2. The maximum Gasteiger partial charge on any atom is 0.133 e. The van der Waals surface area contributed by atoms with Crippen molar-refractivity contribution in [2.24, 2.45) is 23.7 Å². The van der Waals surface area contributed by atoms with Crippen LogP contribution in [0.25, 0.3) is 0 Å². The lowest BCUT2D eigenvalue weighted by Gasteiger charge is -2.33. The van der Waals surface area contributed by atoms with Gasteiger partial charge in [-0.25, -0.2) is 0 Å². The number of hydrogen-bond donors (Lipinski definition) is 0. The summed E-state index contributed by atoms with van der Waals surface area (Å²) in [4.78, 5) is 0. The molecule has 0 saturated heterocycles. The molecule has 4 rings (SSSR count). The van der Waals surface area contributed by atoms with Gasteiger partial charge < -0.3 is 0 Å². The van der Waals surface area contributed by atoms with Crippen molar-refractivity contribution in [3.05, 3.63) is 22.3 Å². The first kappa shape index (κ1) is 17.9. The second kappa shape index (κ2) is 8.00. The largest absolute Gasteiger partial charge is 0.192 e. The van der Waals surface area contributed by atoms with Crippen LogP contribution in [0, 0.1) is 46.3 Å². The van der Waals surface area contributed by atoms with E-state index in [1.165, 1.54) is 95.5 Å². The second-order valence-corrected chi connectivity index (χ2v) is 9.05. The summed E-state index contributed by atoms with van der Waals surface area (Å²) in [5, 5.41) is 19.5. The van der Waals surface area contributed by atoms with Crippen molar-refractivity contribution in [2.45, 2.75) is 89.9 Å². The Hall–Kier alpha value is -1.54. The van der Waals surface area contributed by atoms with Crippen molar-refractivity contribution in [3.8, 4) is 12.1 Å². The molecule has 0 N–H and O–H groups in total. The summed E-state index contributed by atoms with van der Waals surface area (Å²) in [5.74, 6) is 2.49. The van der Waals surface area contributed by atoms with Crippen LogP contribution in [0.5, 0.6) is 0 Å². The maximum atomic E-state index is 9.74. The van der Waals surface area contributed by atoms with Gasteiger partial charge in [-0.15, -0.1) is 0 Å². The molecule has 0 aliphatic heterocycles. The van der Waals surface area contributed by atoms with Crippen LogP contribution in [0.2, 0.25) is 0 Å². The molecule has 0 spiro atoms. The smallest absolute Gasteiger partial charge is 0.133 e. The lowest BCUT2D eigenvalue weighted by atomic mass is 9.71. The van der Waals surface area contributed by atoms with Gasteiger partial charge in [0.15, 0.2) is 0 Å². The summed E-state index contributed by atoms with van der Waals surface area (Å²) < 4.78 is 0. The molecule has 4 aliphatic rings. The number of allylic oxidation sites excluding steroid dienone is 4. The summed E-state index contributed by atoms with van der Waals surface area (Å²) in [6, 6.07) is 4.61. The molecule has 0 aromatic carbocycles. The van der Waals surface area contributed by atoms with Crippen molar-refractivity contribution >= 4 is 0 Å². The van der Waals surface area contributed by atoms with Crippen molar-refractivity contribution in [2.75, 3.05) is 0 Å². The van der Waals surface area contributed by atoms with E-state index in [1.807, 2.05) is 0 Å². The van der Waals surface area contributed by atoms with Crippen LogP contribution >= 0.6 is 0 Å². The number of fused-ring (bicyclic) bond motifs is 1. The van der Waals surface area contributed by atoms with E-state index in [0.717, 1.165) is 5.92 Å². The van der Waals surface area contributed by atoms with Gasteiger partial charge in [-0.05, 0) is 73.3 Å². The van der Waals surface area contributed by atoms with Gasteiger partial charge in [0.1, 0.15) is 17.7 Å². The van der Waals surface area contributed by atoms with Crippen LogP contribution in [-0.2, 0) is 0 Å². The standard InChI is InChI=1S/C24H32N2/c25-15-19(16-26)23-21-14-8-7-13-20(21)22(17-9-3-1-4-10-17)24(23)18-11-5-2-6-12-18/h17-18,20-21H,1-14H2. The minimum atomic E-state index is 0.452. The fraction of sp³-hybridized carbons (Fsp3) is 0.750. The summed E-state index contributed by atoms with van der Waals surface area (Å²) in [7, 11) is 0. The highest BCUT2D eigenvalue weighted by atomic mass is 14.5. The first-order valence-corrected chi connectivity index (χ1v) is 11.1. The van der Waals surface area contributed by atoms with Gasteiger partial charge in [0.2, 0.25) is 0 Å². The Morgan fingerprint density at radius 1 is 0.615 bits per heavy atom. The monoisotopic (exact) mass is 348 g/mol. The van der Waals surface area contributed by atoms with Gasteiger partial charge in [-0.2, -0.15) is 10.5 Å². The molecule has 0 heterocycles. The van der Waals surface area contributed by atoms with E-state index < -0.39 is 0 Å². The molecule has 2 nitrogen and oxygen atoms in total. The van der Waals surface area contributed by atoms with E-state index >= 15 is 0 Å². The Kier molecular flexibility index (Phi) is 5.49. The van der Waals surface area contributed by atoms with Crippen LogP contribution in [0.4, 0.5) is 0 Å². The maximum absolute atomic E-state index is 9.74. The Balaban J connectivity index is 1.85. The van der Waals surface area contributed by atoms with Crippen LogP contribution in [0.1, 0.15) is 89.9 Å².